The van der Waals surface area contributed by atoms with Crippen LogP contribution in [-0.4, -0.2) is 13.2 Å². The molecule has 3 heteroatoms. The Morgan fingerprint density at radius 3 is 2.76 bits per heavy atom. The molecule has 1 saturated carbocycles. The van der Waals surface area contributed by atoms with Crippen LogP contribution < -0.4 is 15.8 Å². The van der Waals surface area contributed by atoms with Crippen molar-refractivity contribution in [1.82, 2.24) is 5.32 Å². The van der Waals surface area contributed by atoms with E-state index in [1.54, 1.807) is 7.11 Å². The molecule has 17 heavy (non-hydrogen) atoms. The molecule has 1 aromatic rings. The van der Waals surface area contributed by atoms with Gasteiger partial charge in [0.15, 0.2) is 0 Å². The first kappa shape index (κ1) is 12.2. The van der Waals surface area contributed by atoms with E-state index < -0.39 is 0 Å². The lowest BCUT2D eigenvalue weighted by atomic mass is 9.95. The normalized spacial score (nSPS) is 17.0. The number of methoxy groups -OCH3 is 1. The molecule has 0 aromatic heterocycles. The van der Waals surface area contributed by atoms with Crippen molar-refractivity contribution in [1.29, 1.82) is 0 Å². The van der Waals surface area contributed by atoms with Gasteiger partial charge in [0.2, 0.25) is 0 Å². The van der Waals surface area contributed by atoms with Gasteiger partial charge in [-0.25, -0.2) is 0 Å². The number of nitrogens with two attached hydrogens (primary N) is 1. The molecule has 0 amide bonds. The smallest absolute Gasteiger partial charge is 0.125 e. The third-order valence-electron chi connectivity index (χ3n) is 3.50. The van der Waals surface area contributed by atoms with Crippen LogP contribution in [0.2, 0.25) is 0 Å². The van der Waals surface area contributed by atoms with Crippen LogP contribution in [0.5, 0.6) is 5.75 Å². The van der Waals surface area contributed by atoms with Crippen LogP contribution >= 0.6 is 0 Å². The number of rotatable bonds is 4. The molecule has 1 aliphatic carbocycles. The number of anilines is 1. The van der Waals surface area contributed by atoms with Gasteiger partial charge in [-0.3, -0.25) is 0 Å². The Bertz CT molecular complexity index is 359. The summed E-state index contributed by atoms with van der Waals surface area (Å²) < 4.78 is 5.35. The van der Waals surface area contributed by atoms with E-state index in [0.29, 0.717) is 6.04 Å². The van der Waals surface area contributed by atoms with E-state index in [1.807, 2.05) is 18.2 Å². The van der Waals surface area contributed by atoms with Crippen LogP contribution in [0.3, 0.4) is 0 Å². The highest BCUT2D eigenvalue weighted by Crippen LogP contribution is 2.23. The van der Waals surface area contributed by atoms with Crippen LogP contribution in [0.15, 0.2) is 18.2 Å². The average molecular weight is 234 g/mol. The number of benzene rings is 1. The molecule has 0 heterocycles. The molecule has 0 aliphatic heterocycles. The van der Waals surface area contributed by atoms with Crippen molar-refractivity contribution in [2.24, 2.45) is 0 Å². The number of ether oxygens (including phenoxy) is 1. The predicted molar refractivity (Wildman–Crippen MR) is 71.1 cm³/mol. The molecule has 1 fully saturated rings. The van der Waals surface area contributed by atoms with E-state index >= 15 is 0 Å². The highest BCUT2D eigenvalue weighted by molar-refractivity contribution is 5.48. The van der Waals surface area contributed by atoms with Crippen molar-refractivity contribution < 1.29 is 4.74 Å². The minimum atomic E-state index is 0.672. The SMILES string of the molecule is COc1cc(N)ccc1CNC1CCCCC1. The van der Waals surface area contributed by atoms with Crippen molar-refractivity contribution >= 4 is 5.69 Å². The molecule has 94 valence electrons. The largest absolute Gasteiger partial charge is 0.496 e. The zero-order valence-electron chi connectivity index (χ0n) is 10.5. The molecule has 0 bridgehead atoms. The zero-order valence-corrected chi connectivity index (χ0v) is 10.5. The van der Waals surface area contributed by atoms with Gasteiger partial charge in [-0.1, -0.05) is 25.3 Å². The summed E-state index contributed by atoms with van der Waals surface area (Å²) in [6.07, 6.45) is 6.71. The second kappa shape index (κ2) is 5.92. The first-order valence-electron chi connectivity index (χ1n) is 6.45. The van der Waals surface area contributed by atoms with Crippen molar-refractivity contribution in [2.45, 2.75) is 44.7 Å². The lowest BCUT2D eigenvalue weighted by molar-refractivity contribution is 0.365. The summed E-state index contributed by atoms with van der Waals surface area (Å²) in [4.78, 5) is 0. The number of hydrogen-bond donors (Lipinski definition) is 2. The van der Waals surface area contributed by atoms with Gasteiger partial charge >= 0.3 is 0 Å². The van der Waals surface area contributed by atoms with Gasteiger partial charge in [-0.15, -0.1) is 0 Å². The Labute approximate surface area is 103 Å². The molecule has 1 aliphatic rings. The van der Waals surface area contributed by atoms with E-state index in [-0.39, 0.29) is 0 Å². The summed E-state index contributed by atoms with van der Waals surface area (Å²) in [5, 5.41) is 3.61. The van der Waals surface area contributed by atoms with Crippen LogP contribution in [0, 0.1) is 0 Å². The second-order valence-corrected chi connectivity index (χ2v) is 4.79. The maximum Gasteiger partial charge on any atom is 0.125 e. The van der Waals surface area contributed by atoms with Crippen LogP contribution in [-0.2, 0) is 6.54 Å². The summed E-state index contributed by atoms with van der Waals surface area (Å²) in [5.74, 6) is 0.883. The second-order valence-electron chi connectivity index (χ2n) is 4.79. The summed E-state index contributed by atoms with van der Waals surface area (Å²) in [6.45, 7) is 0.869. The fraction of sp³-hybridized carbons (Fsp3) is 0.571. The summed E-state index contributed by atoms with van der Waals surface area (Å²) >= 11 is 0. The third kappa shape index (κ3) is 3.37. The molecule has 0 saturated heterocycles. The first-order valence-corrected chi connectivity index (χ1v) is 6.45. The predicted octanol–water partition coefficient (Wildman–Crippen LogP) is 2.70. The Hall–Kier alpha value is -1.22. The van der Waals surface area contributed by atoms with Crippen molar-refractivity contribution in [3.05, 3.63) is 23.8 Å². The lowest BCUT2D eigenvalue weighted by Gasteiger charge is -2.23. The van der Waals surface area contributed by atoms with Gasteiger partial charge < -0.3 is 15.8 Å². The van der Waals surface area contributed by atoms with Crippen LogP contribution in [0.1, 0.15) is 37.7 Å². The van der Waals surface area contributed by atoms with E-state index in [0.717, 1.165) is 18.0 Å². The topological polar surface area (TPSA) is 47.3 Å². The molecule has 2 rings (SSSR count). The van der Waals surface area contributed by atoms with E-state index in [9.17, 15) is 0 Å². The Morgan fingerprint density at radius 1 is 1.29 bits per heavy atom. The molecule has 3 nitrogen and oxygen atoms in total. The molecule has 0 spiro atoms. The molecule has 0 unspecified atom stereocenters. The monoisotopic (exact) mass is 234 g/mol. The number of nitrogen functional groups attached to an aromatic ring is 1. The van der Waals surface area contributed by atoms with Crippen molar-refractivity contribution in [3.8, 4) is 5.75 Å². The quantitative estimate of drug-likeness (QED) is 0.787. The number of nitrogens with one attached hydrogen (secondary N) is 1. The summed E-state index contributed by atoms with van der Waals surface area (Å²) in [5.41, 5.74) is 7.68. The van der Waals surface area contributed by atoms with Gasteiger partial charge in [0.25, 0.3) is 0 Å². The Balaban J connectivity index is 1.93. The fourth-order valence-electron chi connectivity index (χ4n) is 2.47. The van der Waals surface area contributed by atoms with Crippen LogP contribution in [0.4, 0.5) is 5.69 Å². The maximum atomic E-state index is 5.74. The number of hydrogen-bond acceptors (Lipinski definition) is 3. The van der Waals surface area contributed by atoms with E-state index in [1.165, 1.54) is 37.7 Å². The van der Waals surface area contributed by atoms with E-state index in [4.69, 9.17) is 10.5 Å². The van der Waals surface area contributed by atoms with Crippen molar-refractivity contribution in [3.63, 3.8) is 0 Å². The van der Waals surface area contributed by atoms with E-state index in [2.05, 4.69) is 5.32 Å². The van der Waals surface area contributed by atoms with Crippen LogP contribution in [0.25, 0.3) is 0 Å². The Morgan fingerprint density at radius 2 is 2.06 bits per heavy atom. The molecular formula is C14H22N2O. The zero-order chi connectivity index (χ0) is 12.1. The maximum absolute atomic E-state index is 5.74. The molecular weight excluding hydrogens is 212 g/mol. The highest BCUT2D eigenvalue weighted by Gasteiger charge is 2.13. The highest BCUT2D eigenvalue weighted by atomic mass is 16.5. The van der Waals surface area contributed by atoms with Gasteiger partial charge in [0.1, 0.15) is 5.75 Å². The fourth-order valence-corrected chi connectivity index (χ4v) is 2.47. The summed E-state index contributed by atoms with van der Waals surface area (Å²) in [6, 6.07) is 6.54. The van der Waals surface area contributed by atoms with Gasteiger partial charge in [0, 0.05) is 29.9 Å². The first-order chi connectivity index (χ1) is 8.29. The average Bonchev–Trinajstić information content (AvgIpc) is 2.38. The minimum absolute atomic E-state index is 0.672. The molecule has 0 radical (unpaired) electrons. The third-order valence-corrected chi connectivity index (χ3v) is 3.50. The Kier molecular flexibility index (Phi) is 4.26. The minimum Gasteiger partial charge on any atom is -0.496 e. The summed E-state index contributed by atoms with van der Waals surface area (Å²) in [7, 11) is 1.69. The lowest BCUT2D eigenvalue weighted by Crippen LogP contribution is -2.30. The molecule has 1 aromatic carbocycles. The van der Waals surface area contributed by atoms with Crippen molar-refractivity contribution in [2.75, 3.05) is 12.8 Å². The van der Waals surface area contributed by atoms with Gasteiger partial charge in [0.05, 0.1) is 7.11 Å². The standard InChI is InChI=1S/C14H22N2O/c1-17-14-9-12(15)8-7-11(14)10-16-13-5-3-2-4-6-13/h7-9,13,16H,2-6,10,15H2,1H3. The van der Waals surface area contributed by atoms with Gasteiger partial charge in [-0.05, 0) is 18.9 Å². The molecule has 3 N–H and O–H groups in total. The van der Waals surface area contributed by atoms with Gasteiger partial charge in [-0.2, -0.15) is 0 Å². The molecule has 0 atom stereocenters.